The molecule has 5 nitrogen and oxygen atoms in total. The summed E-state index contributed by atoms with van der Waals surface area (Å²) in [6, 6.07) is 24.0. The van der Waals surface area contributed by atoms with E-state index in [-0.39, 0.29) is 24.3 Å². The molecule has 0 radical (unpaired) electrons. The van der Waals surface area contributed by atoms with E-state index in [1.54, 1.807) is 0 Å². The minimum absolute atomic E-state index is 0.210. The van der Waals surface area contributed by atoms with Gasteiger partial charge in [-0.05, 0) is 60.7 Å². The number of fused-ring (bicyclic) bond motifs is 1. The predicted octanol–water partition coefficient (Wildman–Crippen LogP) is 6.88. The zero-order valence-corrected chi connectivity index (χ0v) is 21.5. The van der Waals surface area contributed by atoms with Crippen LogP contribution in [0.15, 0.2) is 88.4 Å². The fourth-order valence-corrected chi connectivity index (χ4v) is 5.15. The first-order valence-corrected chi connectivity index (χ1v) is 12.9. The maximum Gasteiger partial charge on any atom is 0.293 e. The highest BCUT2D eigenvalue weighted by Crippen LogP contribution is 2.34. The molecule has 1 aliphatic heterocycles. The van der Waals surface area contributed by atoms with Gasteiger partial charge < -0.3 is 9.30 Å². The third-order valence-corrected chi connectivity index (χ3v) is 7.29. The number of hydrogen-bond acceptors (Lipinski definition) is 4. The van der Waals surface area contributed by atoms with Crippen molar-refractivity contribution in [1.29, 1.82) is 0 Å². The number of thioether (sulfide) groups is 1. The number of aryl methyl sites for hydroxylation is 1. The minimum atomic E-state index is -0.280. The molecule has 2 heterocycles. The molecule has 0 atom stereocenters. The van der Waals surface area contributed by atoms with Crippen molar-refractivity contribution >= 4 is 55.8 Å². The third-order valence-electron chi connectivity index (χ3n) is 5.85. The molecule has 3 aromatic carbocycles. The van der Waals surface area contributed by atoms with E-state index in [0.29, 0.717) is 11.4 Å². The van der Waals surface area contributed by atoms with Crippen molar-refractivity contribution in [3.8, 4) is 5.75 Å². The Hall–Kier alpha value is -3.29. The molecule has 4 aromatic rings. The lowest BCUT2D eigenvalue weighted by molar-refractivity contribution is -0.123. The molecule has 0 bridgehead atoms. The molecule has 0 spiro atoms. The van der Waals surface area contributed by atoms with Crippen LogP contribution in [0.25, 0.3) is 17.0 Å². The summed E-state index contributed by atoms with van der Waals surface area (Å²) in [6.45, 7) is 3.18. The van der Waals surface area contributed by atoms with Crippen LogP contribution in [0.5, 0.6) is 5.75 Å². The SMILES string of the molecule is Cc1ccc(OCCN2C(=O)S/C(=C\c3cn(Cc4ccc(Br)cc4)c4ccccc34)C2=O)cc1. The zero-order chi connectivity index (χ0) is 24.4. The summed E-state index contributed by atoms with van der Waals surface area (Å²) in [6.07, 6.45) is 3.87. The van der Waals surface area contributed by atoms with Gasteiger partial charge in [-0.3, -0.25) is 14.5 Å². The lowest BCUT2D eigenvalue weighted by Crippen LogP contribution is -2.32. The molecule has 2 amide bonds. The molecule has 0 saturated carbocycles. The summed E-state index contributed by atoms with van der Waals surface area (Å²) in [5.41, 5.74) is 4.31. The second-order valence-corrected chi connectivity index (χ2v) is 10.3. The molecule has 7 heteroatoms. The Morgan fingerprint density at radius 3 is 2.49 bits per heavy atom. The summed E-state index contributed by atoms with van der Waals surface area (Å²) < 4.78 is 8.93. The lowest BCUT2D eigenvalue weighted by Gasteiger charge is -2.13. The van der Waals surface area contributed by atoms with Crippen LogP contribution in [0.4, 0.5) is 4.79 Å². The van der Waals surface area contributed by atoms with Crippen molar-refractivity contribution in [1.82, 2.24) is 9.47 Å². The molecule has 0 unspecified atom stereocenters. The minimum Gasteiger partial charge on any atom is -0.492 e. The molecule has 5 rings (SSSR count). The standard InChI is InChI=1S/C28H23BrN2O3S/c1-19-6-12-23(13-7-19)34-15-14-31-27(32)26(35-28(31)33)16-21-18-30(25-5-3-2-4-24(21)25)17-20-8-10-22(29)11-9-20/h2-13,16,18H,14-15,17H2,1H3/b26-16-. The average Bonchev–Trinajstić information content (AvgIpc) is 3.33. The number of nitrogens with zero attached hydrogens (tertiary/aromatic N) is 2. The van der Waals surface area contributed by atoms with E-state index >= 15 is 0 Å². The number of para-hydroxylation sites is 1. The number of ether oxygens (including phenoxy) is 1. The highest BCUT2D eigenvalue weighted by Gasteiger charge is 2.35. The first kappa shape index (κ1) is 23.5. The van der Waals surface area contributed by atoms with Crippen LogP contribution >= 0.6 is 27.7 Å². The Balaban J connectivity index is 1.34. The number of amides is 2. The van der Waals surface area contributed by atoms with Gasteiger partial charge in [0.2, 0.25) is 0 Å². The van der Waals surface area contributed by atoms with E-state index in [0.717, 1.165) is 44.0 Å². The van der Waals surface area contributed by atoms with Crippen LogP contribution in [0.2, 0.25) is 0 Å². The number of imide groups is 1. The fraction of sp³-hybridized carbons (Fsp3) is 0.143. The highest BCUT2D eigenvalue weighted by atomic mass is 79.9. The van der Waals surface area contributed by atoms with Crippen molar-refractivity contribution in [2.45, 2.75) is 13.5 Å². The monoisotopic (exact) mass is 546 g/mol. The second-order valence-electron chi connectivity index (χ2n) is 8.35. The summed E-state index contributed by atoms with van der Waals surface area (Å²) in [5.74, 6) is 0.439. The molecule has 1 saturated heterocycles. The first-order chi connectivity index (χ1) is 17.0. The topological polar surface area (TPSA) is 51.5 Å². The van der Waals surface area contributed by atoms with Gasteiger partial charge in [0.05, 0.1) is 11.4 Å². The zero-order valence-electron chi connectivity index (χ0n) is 19.1. The first-order valence-electron chi connectivity index (χ1n) is 11.2. The van der Waals surface area contributed by atoms with Crippen LogP contribution in [0, 0.1) is 6.92 Å². The number of carbonyl (C=O) groups is 2. The molecular weight excluding hydrogens is 524 g/mol. The van der Waals surface area contributed by atoms with E-state index in [9.17, 15) is 9.59 Å². The van der Waals surface area contributed by atoms with Crippen molar-refractivity contribution in [3.63, 3.8) is 0 Å². The number of carbonyl (C=O) groups excluding carboxylic acids is 2. The summed E-state index contributed by atoms with van der Waals surface area (Å²) >= 11 is 4.46. The van der Waals surface area contributed by atoms with Gasteiger partial charge in [0.15, 0.2) is 0 Å². The summed E-state index contributed by atoms with van der Waals surface area (Å²) in [7, 11) is 0. The van der Waals surface area contributed by atoms with Gasteiger partial charge in [0.1, 0.15) is 12.4 Å². The summed E-state index contributed by atoms with van der Waals surface area (Å²) in [4.78, 5) is 27.3. The second kappa shape index (κ2) is 10.1. The molecule has 0 N–H and O–H groups in total. The van der Waals surface area contributed by atoms with E-state index in [1.165, 1.54) is 10.5 Å². The number of halogens is 1. The molecule has 35 heavy (non-hydrogen) atoms. The average molecular weight is 547 g/mol. The van der Waals surface area contributed by atoms with Crippen LogP contribution in [0.3, 0.4) is 0 Å². The normalized spacial score (nSPS) is 14.9. The molecule has 1 fully saturated rings. The van der Waals surface area contributed by atoms with Crippen LogP contribution < -0.4 is 4.74 Å². The van der Waals surface area contributed by atoms with Crippen molar-refractivity contribution in [2.75, 3.05) is 13.2 Å². The van der Waals surface area contributed by atoms with E-state index in [1.807, 2.05) is 73.8 Å². The predicted molar refractivity (Wildman–Crippen MR) is 145 cm³/mol. The van der Waals surface area contributed by atoms with E-state index in [4.69, 9.17) is 4.74 Å². The number of benzene rings is 3. The number of hydrogen-bond donors (Lipinski definition) is 0. The molecule has 176 valence electrons. The molecule has 0 aliphatic carbocycles. The Kier molecular flexibility index (Phi) is 6.79. The van der Waals surface area contributed by atoms with Crippen molar-refractivity contribution in [2.24, 2.45) is 0 Å². The van der Waals surface area contributed by atoms with Gasteiger partial charge in [0, 0.05) is 33.7 Å². The molecule has 1 aromatic heterocycles. The molecular formula is C28H23BrN2O3S. The van der Waals surface area contributed by atoms with Gasteiger partial charge in [-0.1, -0.05) is 64.0 Å². The Morgan fingerprint density at radius 1 is 0.971 bits per heavy atom. The smallest absolute Gasteiger partial charge is 0.293 e. The van der Waals surface area contributed by atoms with Gasteiger partial charge in [-0.2, -0.15) is 0 Å². The van der Waals surface area contributed by atoms with E-state index in [2.05, 4.69) is 38.7 Å². The van der Waals surface area contributed by atoms with Crippen LogP contribution in [-0.2, 0) is 11.3 Å². The van der Waals surface area contributed by atoms with Gasteiger partial charge >= 0.3 is 0 Å². The van der Waals surface area contributed by atoms with Crippen molar-refractivity contribution in [3.05, 3.63) is 105 Å². The quantitative estimate of drug-likeness (QED) is 0.237. The third kappa shape index (κ3) is 5.21. The van der Waals surface area contributed by atoms with Gasteiger partial charge in [0.25, 0.3) is 11.1 Å². The molecule has 1 aliphatic rings. The largest absolute Gasteiger partial charge is 0.492 e. The van der Waals surface area contributed by atoms with Crippen LogP contribution in [-0.4, -0.2) is 33.8 Å². The number of rotatable bonds is 7. The number of aromatic nitrogens is 1. The maximum absolute atomic E-state index is 13.0. The Morgan fingerprint density at radius 2 is 1.71 bits per heavy atom. The fourth-order valence-electron chi connectivity index (χ4n) is 4.03. The Bertz CT molecular complexity index is 1430. The summed E-state index contributed by atoms with van der Waals surface area (Å²) in [5, 5.41) is 0.770. The lowest BCUT2D eigenvalue weighted by atomic mass is 10.1. The van der Waals surface area contributed by atoms with Gasteiger partial charge in [-0.25, -0.2) is 0 Å². The Labute approximate surface area is 216 Å². The van der Waals surface area contributed by atoms with Gasteiger partial charge in [-0.15, -0.1) is 0 Å². The van der Waals surface area contributed by atoms with Crippen LogP contribution in [0.1, 0.15) is 16.7 Å². The highest BCUT2D eigenvalue weighted by molar-refractivity contribution is 9.10. The maximum atomic E-state index is 13.0. The van der Waals surface area contributed by atoms with E-state index < -0.39 is 0 Å². The van der Waals surface area contributed by atoms with Crippen molar-refractivity contribution < 1.29 is 14.3 Å².